The van der Waals surface area contributed by atoms with Crippen molar-refractivity contribution in [2.24, 2.45) is 5.92 Å². The number of hydrogen-bond donors (Lipinski definition) is 3. The molecule has 3 N–H and O–H groups in total. The molecule has 0 atom stereocenters. The summed E-state index contributed by atoms with van der Waals surface area (Å²) in [6.45, 7) is 2.01. The number of piperidine rings is 1. The number of imide groups is 1. The lowest BCUT2D eigenvalue weighted by Crippen LogP contribution is -2.44. The maximum Gasteiger partial charge on any atom is 0.321 e. The molecule has 0 spiro atoms. The molecule has 6 heteroatoms. The van der Waals surface area contributed by atoms with Gasteiger partial charge in [0.2, 0.25) is 5.91 Å². The van der Waals surface area contributed by atoms with Gasteiger partial charge in [-0.05, 0) is 43.6 Å². The van der Waals surface area contributed by atoms with Crippen LogP contribution in [0, 0.1) is 5.92 Å². The molecule has 1 fully saturated rings. The summed E-state index contributed by atoms with van der Waals surface area (Å²) in [4.78, 5) is 23.5. The van der Waals surface area contributed by atoms with Crippen LogP contribution < -0.4 is 16.0 Å². The third-order valence-corrected chi connectivity index (χ3v) is 3.56. The van der Waals surface area contributed by atoms with Gasteiger partial charge in [-0.3, -0.25) is 10.1 Å². The average molecular weight is 296 g/mol. The third-order valence-electron chi connectivity index (χ3n) is 3.31. The molecule has 108 valence electrons. The first kappa shape index (κ1) is 14.8. The summed E-state index contributed by atoms with van der Waals surface area (Å²) in [5.74, 6) is -0.266. The molecule has 3 amide bonds. The fourth-order valence-electron chi connectivity index (χ4n) is 2.13. The summed E-state index contributed by atoms with van der Waals surface area (Å²) < 4.78 is 0. The van der Waals surface area contributed by atoms with Crippen molar-refractivity contribution in [1.82, 2.24) is 16.0 Å². The van der Waals surface area contributed by atoms with Crippen molar-refractivity contribution in [3.8, 4) is 0 Å². The molecule has 0 unspecified atom stereocenters. The molecule has 2 rings (SSSR count). The van der Waals surface area contributed by atoms with Crippen LogP contribution in [0.5, 0.6) is 0 Å². The summed E-state index contributed by atoms with van der Waals surface area (Å²) >= 11 is 5.78. The molecule has 1 aliphatic rings. The topological polar surface area (TPSA) is 70.2 Å². The first-order valence-corrected chi connectivity index (χ1v) is 7.07. The molecule has 1 saturated heterocycles. The molecule has 0 bridgehead atoms. The lowest BCUT2D eigenvalue weighted by Gasteiger charge is -2.21. The summed E-state index contributed by atoms with van der Waals surface area (Å²) in [5, 5.41) is 8.88. The van der Waals surface area contributed by atoms with Gasteiger partial charge in [0.15, 0.2) is 0 Å². The second-order valence-electron chi connectivity index (χ2n) is 4.82. The van der Waals surface area contributed by atoms with Crippen LogP contribution >= 0.6 is 11.6 Å². The number of hydrogen-bond acceptors (Lipinski definition) is 3. The summed E-state index contributed by atoms with van der Waals surface area (Å²) in [6.07, 6.45) is 1.55. The van der Waals surface area contributed by atoms with E-state index < -0.39 is 6.03 Å². The zero-order chi connectivity index (χ0) is 14.4. The Morgan fingerprint density at radius 3 is 2.50 bits per heavy atom. The first-order valence-electron chi connectivity index (χ1n) is 6.69. The number of carbonyl (C=O) groups excluding carboxylic acids is 2. The summed E-state index contributed by atoms with van der Waals surface area (Å²) in [5.41, 5.74) is 0.930. The van der Waals surface area contributed by atoms with E-state index in [0.717, 1.165) is 31.5 Å². The Balaban J connectivity index is 1.74. The molecule has 20 heavy (non-hydrogen) atoms. The van der Waals surface area contributed by atoms with Gasteiger partial charge in [0.1, 0.15) is 0 Å². The maximum atomic E-state index is 11.8. The Bertz CT molecular complexity index is 470. The van der Waals surface area contributed by atoms with Gasteiger partial charge in [0.05, 0.1) is 0 Å². The highest BCUT2D eigenvalue weighted by Gasteiger charge is 2.22. The van der Waals surface area contributed by atoms with Crippen molar-refractivity contribution in [3.63, 3.8) is 0 Å². The van der Waals surface area contributed by atoms with E-state index in [4.69, 9.17) is 11.6 Å². The lowest BCUT2D eigenvalue weighted by atomic mass is 9.97. The molecule has 0 aliphatic carbocycles. The van der Waals surface area contributed by atoms with Crippen LogP contribution in [-0.4, -0.2) is 25.0 Å². The molecule has 0 saturated carbocycles. The molecule has 1 aromatic carbocycles. The van der Waals surface area contributed by atoms with Gasteiger partial charge in [-0.2, -0.15) is 0 Å². The monoisotopic (exact) mass is 295 g/mol. The smallest absolute Gasteiger partial charge is 0.321 e. The van der Waals surface area contributed by atoms with Gasteiger partial charge in [0.25, 0.3) is 0 Å². The quantitative estimate of drug-likeness (QED) is 0.794. The lowest BCUT2D eigenvalue weighted by molar-refractivity contribution is -0.124. The average Bonchev–Trinajstić information content (AvgIpc) is 2.47. The van der Waals surface area contributed by atoms with E-state index in [1.807, 2.05) is 12.1 Å². The van der Waals surface area contributed by atoms with E-state index >= 15 is 0 Å². The molecular weight excluding hydrogens is 278 g/mol. The fourth-order valence-corrected chi connectivity index (χ4v) is 2.25. The minimum Gasteiger partial charge on any atom is -0.334 e. The van der Waals surface area contributed by atoms with E-state index in [2.05, 4.69) is 16.0 Å². The number of carbonyl (C=O) groups is 2. The zero-order valence-corrected chi connectivity index (χ0v) is 11.9. The van der Waals surface area contributed by atoms with Crippen molar-refractivity contribution in [2.45, 2.75) is 19.4 Å². The second-order valence-corrected chi connectivity index (χ2v) is 5.26. The first-order chi connectivity index (χ1) is 9.65. The predicted octanol–water partition coefficient (Wildman–Crippen LogP) is 1.67. The number of benzene rings is 1. The SMILES string of the molecule is O=C(NCc1ccc(Cl)cc1)NC(=O)C1CCNCC1. The highest BCUT2D eigenvalue weighted by molar-refractivity contribution is 6.30. The number of rotatable bonds is 3. The minimum absolute atomic E-state index is 0.0717. The molecular formula is C14H18ClN3O2. The largest absolute Gasteiger partial charge is 0.334 e. The number of urea groups is 1. The predicted molar refractivity (Wildman–Crippen MR) is 77.4 cm³/mol. The van der Waals surface area contributed by atoms with Crippen LogP contribution in [0.4, 0.5) is 4.79 Å². The van der Waals surface area contributed by atoms with Crippen LogP contribution in [0.1, 0.15) is 18.4 Å². The van der Waals surface area contributed by atoms with Crippen LogP contribution in [0.3, 0.4) is 0 Å². The number of nitrogens with one attached hydrogen (secondary N) is 3. The third kappa shape index (κ3) is 4.51. The standard InChI is InChI=1S/C14H18ClN3O2/c15-12-3-1-10(2-4-12)9-17-14(20)18-13(19)11-5-7-16-8-6-11/h1-4,11,16H,5-9H2,(H2,17,18,19,20). The summed E-state index contributed by atoms with van der Waals surface area (Å²) in [6, 6.07) is 6.73. The maximum absolute atomic E-state index is 11.8. The Hall–Kier alpha value is -1.59. The van der Waals surface area contributed by atoms with E-state index in [9.17, 15) is 9.59 Å². The molecule has 5 nitrogen and oxygen atoms in total. The Morgan fingerprint density at radius 2 is 1.85 bits per heavy atom. The van der Waals surface area contributed by atoms with Crippen molar-refractivity contribution in [2.75, 3.05) is 13.1 Å². The summed E-state index contributed by atoms with van der Waals surface area (Å²) in [7, 11) is 0. The molecule has 1 aromatic rings. The molecule has 0 radical (unpaired) electrons. The normalized spacial score (nSPS) is 15.7. The Labute approximate surface area is 123 Å². The number of amides is 3. The second kappa shape index (κ2) is 7.26. The fraction of sp³-hybridized carbons (Fsp3) is 0.429. The van der Waals surface area contributed by atoms with Gasteiger partial charge < -0.3 is 10.6 Å². The number of halogens is 1. The van der Waals surface area contributed by atoms with E-state index in [0.29, 0.717) is 11.6 Å². The molecule has 1 aliphatic heterocycles. The van der Waals surface area contributed by atoms with Crippen LogP contribution in [-0.2, 0) is 11.3 Å². The van der Waals surface area contributed by atoms with Crippen LogP contribution in [0.15, 0.2) is 24.3 Å². The van der Waals surface area contributed by atoms with Gasteiger partial charge >= 0.3 is 6.03 Å². The van der Waals surface area contributed by atoms with E-state index in [-0.39, 0.29) is 11.8 Å². The van der Waals surface area contributed by atoms with E-state index in [1.165, 1.54) is 0 Å². The van der Waals surface area contributed by atoms with Gasteiger partial charge in [-0.15, -0.1) is 0 Å². The zero-order valence-electron chi connectivity index (χ0n) is 11.1. The minimum atomic E-state index is -0.455. The van der Waals surface area contributed by atoms with Crippen molar-refractivity contribution in [3.05, 3.63) is 34.9 Å². The van der Waals surface area contributed by atoms with Crippen LogP contribution in [0.25, 0.3) is 0 Å². The molecule has 0 aromatic heterocycles. The Kier molecular flexibility index (Phi) is 5.38. The van der Waals surface area contributed by atoms with Crippen LogP contribution in [0.2, 0.25) is 5.02 Å². The van der Waals surface area contributed by atoms with Crippen molar-refractivity contribution >= 4 is 23.5 Å². The van der Waals surface area contributed by atoms with E-state index in [1.54, 1.807) is 12.1 Å². The highest BCUT2D eigenvalue weighted by atomic mass is 35.5. The van der Waals surface area contributed by atoms with Crippen molar-refractivity contribution in [1.29, 1.82) is 0 Å². The Morgan fingerprint density at radius 1 is 1.20 bits per heavy atom. The van der Waals surface area contributed by atoms with Gasteiger partial charge in [0, 0.05) is 17.5 Å². The van der Waals surface area contributed by atoms with Gasteiger partial charge in [-0.1, -0.05) is 23.7 Å². The molecule has 1 heterocycles. The van der Waals surface area contributed by atoms with Crippen molar-refractivity contribution < 1.29 is 9.59 Å². The van der Waals surface area contributed by atoms with Gasteiger partial charge in [-0.25, -0.2) is 4.79 Å². The highest BCUT2D eigenvalue weighted by Crippen LogP contribution is 2.11.